The van der Waals surface area contributed by atoms with E-state index >= 15 is 0 Å². The van der Waals surface area contributed by atoms with Gasteiger partial charge in [-0.15, -0.1) is 0 Å². The van der Waals surface area contributed by atoms with Crippen molar-refractivity contribution in [1.29, 1.82) is 0 Å². The van der Waals surface area contributed by atoms with Gasteiger partial charge in [-0.05, 0) is 102 Å². The minimum atomic E-state index is 0.638. The summed E-state index contributed by atoms with van der Waals surface area (Å²) >= 11 is 0. The molecule has 0 heterocycles. The van der Waals surface area contributed by atoms with Gasteiger partial charge in [-0.3, -0.25) is 0 Å². The predicted octanol–water partition coefficient (Wildman–Crippen LogP) is 28.6. The van der Waals surface area contributed by atoms with E-state index in [4.69, 9.17) is 28.4 Å². The number of fused-ring (bicyclic) bond motifs is 6. The maximum Gasteiger partial charge on any atom is 0.204 e. The summed E-state index contributed by atoms with van der Waals surface area (Å²) in [5.41, 5.74) is 0. The quantitative estimate of drug-likeness (QED) is 0.0324. The zero-order valence-corrected chi connectivity index (χ0v) is 60.3. The van der Waals surface area contributed by atoms with Crippen LogP contribution in [-0.2, 0) is 0 Å². The molecule has 4 rings (SSSR count). The zero-order valence-electron chi connectivity index (χ0n) is 60.3. The van der Waals surface area contributed by atoms with Crippen LogP contribution in [0.15, 0.2) is 36.4 Å². The minimum Gasteiger partial charge on any atom is -0.494 e. The van der Waals surface area contributed by atoms with E-state index in [1.165, 1.54) is 308 Å². The Kier molecular flexibility index (Phi) is 49.0. The molecule has 4 aromatic rings. The Morgan fingerprint density at radius 1 is 0.189 bits per heavy atom. The van der Waals surface area contributed by atoms with Crippen LogP contribution in [0, 0.1) is 0 Å². The van der Waals surface area contributed by atoms with Gasteiger partial charge in [0.2, 0.25) is 5.75 Å². The van der Waals surface area contributed by atoms with Crippen molar-refractivity contribution < 1.29 is 28.4 Å². The topological polar surface area (TPSA) is 55.4 Å². The van der Waals surface area contributed by atoms with Gasteiger partial charge in [-0.1, -0.05) is 350 Å². The molecule has 0 unspecified atom stereocenters. The van der Waals surface area contributed by atoms with E-state index in [9.17, 15) is 0 Å². The number of unbranched alkanes of at least 4 members (excludes halogenated alkanes) is 48. The van der Waals surface area contributed by atoms with E-state index < -0.39 is 0 Å². The van der Waals surface area contributed by atoms with Crippen LogP contribution in [0.3, 0.4) is 0 Å². The van der Waals surface area contributed by atoms with Gasteiger partial charge in [0.1, 0.15) is 5.75 Å². The summed E-state index contributed by atoms with van der Waals surface area (Å²) < 4.78 is 42.3. The van der Waals surface area contributed by atoms with Crippen molar-refractivity contribution in [2.75, 3.05) is 39.6 Å². The van der Waals surface area contributed by atoms with Gasteiger partial charge in [0.15, 0.2) is 23.0 Å². The SMILES string of the molecule is CCCCCCCCCCCOc1ccc2c(c1)c1cc(OCCCCCCCCCCC)c(OCCCCCCCCCCC)cc1c1cc(OCCCCCCCCCCC)c(OCCCCCCCCCCC)c(OCCCCCCCCCCC)c21. The van der Waals surface area contributed by atoms with Crippen molar-refractivity contribution in [3.8, 4) is 34.5 Å². The van der Waals surface area contributed by atoms with E-state index in [0.29, 0.717) is 33.0 Å². The summed E-state index contributed by atoms with van der Waals surface area (Å²) in [5, 5.41) is 6.82. The first kappa shape index (κ1) is 78.9. The van der Waals surface area contributed by atoms with Crippen molar-refractivity contribution >= 4 is 32.3 Å². The summed E-state index contributed by atoms with van der Waals surface area (Å²) in [6.45, 7) is 17.9. The predicted molar refractivity (Wildman–Crippen MR) is 395 cm³/mol. The second-order valence-electron chi connectivity index (χ2n) is 27.6. The molecule has 0 saturated heterocycles. The van der Waals surface area contributed by atoms with Crippen molar-refractivity contribution in [3.63, 3.8) is 0 Å². The molecule has 0 fully saturated rings. The molecule has 4 aromatic carbocycles. The Hall–Kier alpha value is -3.54. The first-order valence-electron chi connectivity index (χ1n) is 39.9. The van der Waals surface area contributed by atoms with E-state index in [0.717, 1.165) is 112 Å². The molecule has 0 aliphatic carbocycles. The molecule has 0 spiro atoms. The highest BCUT2D eigenvalue weighted by Crippen LogP contribution is 2.51. The Morgan fingerprint density at radius 2 is 0.422 bits per heavy atom. The van der Waals surface area contributed by atoms with Crippen LogP contribution in [-0.4, -0.2) is 39.6 Å². The fraction of sp³-hybridized carbons (Fsp3) is 0.786. The average Bonchev–Trinajstić information content (AvgIpc) is 0.730. The van der Waals surface area contributed by atoms with E-state index in [2.05, 4.69) is 77.9 Å². The molecule has 0 aromatic heterocycles. The standard InChI is InChI=1S/C84H144O6/c1-7-13-19-25-31-37-43-49-55-63-85-73-61-62-74-75(69-73)76-70-79(86-64-56-50-44-38-32-26-20-14-8-2)80(87-65-57-51-45-39-33-27-21-15-9-3)71-77(76)78-72-81(88-66-58-52-46-40-34-28-22-16-10-4)83(89-67-59-53-47-41-35-29-23-17-11-5)84(82(74)78)90-68-60-54-48-42-36-30-24-18-12-6/h61-62,69-72H,7-60,63-68H2,1-6H3. The molecule has 0 atom stereocenters. The molecule has 0 bridgehead atoms. The molecule has 0 amide bonds. The molecule has 0 radical (unpaired) electrons. The van der Waals surface area contributed by atoms with Crippen LogP contribution in [0.5, 0.6) is 34.5 Å². The highest BCUT2D eigenvalue weighted by Gasteiger charge is 2.25. The van der Waals surface area contributed by atoms with Crippen LogP contribution in [0.1, 0.15) is 388 Å². The van der Waals surface area contributed by atoms with E-state index in [1.807, 2.05) is 0 Å². The Labute approximate surface area is 556 Å². The molecule has 516 valence electrons. The third-order valence-electron chi connectivity index (χ3n) is 19.1. The van der Waals surface area contributed by atoms with E-state index in [1.54, 1.807) is 0 Å². The molecule has 0 saturated carbocycles. The normalized spacial score (nSPS) is 11.7. The molecule has 6 nitrogen and oxygen atoms in total. The number of hydrogen-bond donors (Lipinski definition) is 0. The van der Waals surface area contributed by atoms with Crippen LogP contribution in [0.25, 0.3) is 32.3 Å². The molecular weight excluding hydrogens is 1100 g/mol. The smallest absolute Gasteiger partial charge is 0.204 e. The third kappa shape index (κ3) is 35.1. The fourth-order valence-electron chi connectivity index (χ4n) is 13.3. The lowest BCUT2D eigenvalue weighted by molar-refractivity contribution is 0.236. The van der Waals surface area contributed by atoms with Gasteiger partial charge in [0.25, 0.3) is 0 Å². The lowest BCUT2D eigenvalue weighted by atomic mass is 9.92. The summed E-state index contributed by atoms with van der Waals surface area (Å²) in [4.78, 5) is 0. The van der Waals surface area contributed by atoms with Crippen molar-refractivity contribution in [2.24, 2.45) is 0 Å². The average molecular weight is 1250 g/mol. The third-order valence-corrected chi connectivity index (χ3v) is 19.1. The summed E-state index contributed by atoms with van der Waals surface area (Å²) in [7, 11) is 0. The second-order valence-corrected chi connectivity index (χ2v) is 27.6. The highest BCUT2D eigenvalue weighted by molar-refractivity contribution is 6.28. The summed E-state index contributed by atoms with van der Waals surface area (Å²) in [6, 6.07) is 13.8. The van der Waals surface area contributed by atoms with Gasteiger partial charge in [0.05, 0.1) is 39.6 Å². The second kappa shape index (κ2) is 55.9. The largest absolute Gasteiger partial charge is 0.494 e. The molecule has 90 heavy (non-hydrogen) atoms. The number of rotatable bonds is 66. The lowest BCUT2D eigenvalue weighted by Gasteiger charge is -2.23. The fourth-order valence-corrected chi connectivity index (χ4v) is 13.3. The number of benzene rings is 4. The Bertz CT molecular complexity index is 2280. The van der Waals surface area contributed by atoms with Crippen LogP contribution >= 0.6 is 0 Å². The van der Waals surface area contributed by atoms with Crippen LogP contribution in [0.4, 0.5) is 0 Å². The maximum absolute atomic E-state index is 7.34. The van der Waals surface area contributed by atoms with Gasteiger partial charge >= 0.3 is 0 Å². The number of ether oxygens (including phenoxy) is 6. The molecule has 0 N–H and O–H groups in total. The van der Waals surface area contributed by atoms with Crippen LogP contribution < -0.4 is 28.4 Å². The molecule has 0 aliphatic rings. The van der Waals surface area contributed by atoms with Crippen molar-refractivity contribution in [3.05, 3.63) is 36.4 Å². The molecular formula is C84H144O6. The van der Waals surface area contributed by atoms with Crippen LogP contribution in [0.2, 0.25) is 0 Å². The molecule has 6 heteroatoms. The van der Waals surface area contributed by atoms with E-state index in [-0.39, 0.29) is 0 Å². The zero-order chi connectivity index (χ0) is 63.8. The lowest BCUT2D eigenvalue weighted by Crippen LogP contribution is -2.07. The monoisotopic (exact) mass is 1250 g/mol. The minimum absolute atomic E-state index is 0.638. The number of hydrogen-bond acceptors (Lipinski definition) is 6. The van der Waals surface area contributed by atoms with Gasteiger partial charge in [-0.2, -0.15) is 0 Å². The molecule has 0 aliphatic heterocycles. The Balaban J connectivity index is 1.83. The van der Waals surface area contributed by atoms with Crippen molar-refractivity contribution in [1.82, 2.24) is 0 Å². The maximum atomic E-state index is 7.34. The summed E-state index contributed by atoms with van der Waals surface area (Å²) in [5.74, 6) is 5.04. The van der Waals surface area contributed by atoms with Gasteiger partial charge in [-0.25, -0.2) is 0 Å². The van der Waals surface area contributed by atoms with Gasteiger partial charge < -0.3 is 28.4 Å². The highest BCUT2D eigenvalue weighted by atomic mass is 16.5. The van der Waals surface area contributed by atoms with Gasteiger partial charge in [0, 0.05) is 5.39 Å². The first-order valence-corrected chi connectivity index (χ1v) is 39.9. The summed E-state index contributed by atoms with van der Waals surface area (Å²) in [6.07, 6.45) is 69.2. The Morgan fingerprint density at radius 3 is 0.744 bits per heavy atom. The van der Waals surface area contributed by atoms with Crippen molar-refractivity contribution in [2.45, 2.75) is 388 Å². The first-order chi connectivity index (χ1) is 44.6.